The third-order valence-corrected chi connectivity index (χ3v) is 4.48. The standard InChI is InChI=1S/C14H10ClN3O5S/c15-12-4-2-9(24-12)6-16-13(19)7-17-10-3-1-8(18(21)22)5-11(10)23-14(17)20/h1-5H,6-7H2,(H,16,19). The van der Waals surface area contributed by atoms with Crippen LogP contribution in [-0.4, -0.2) is 15.4 Å². The Hall–Kier alpha value is -2.65. The Morgan fingerprint density at radius 3 is 2.83 bits per heavy atom. The minimum Gasteiger partial charge on any atom is -0.407 e. The van der Waals surface area contributed by atoms with E-state index in [0.29, 0.717) is 16.4 Å². The van der Waals surface area contributed by atoms with Gasteiger partial charge in [0.1, 0.15) is 6.54 Å². The molecule has 124 valence electrons. The molecular formula is C14H10ClN3O5S. The van der Waals surface area contributed by atoms with Crippen molar-refractivity contribution in [3.05, 3.63) is 60.2 Å². The zero-order chi connectivity index (χ0) is 17.3. The highest BCUT2D eigenvalue weighted by Crippen LogP contribution is 2.21. The van der Waals surface area contributed by atoms with Gasteiger partial charge in [-0.2, -0.15) is 0 Å². The summed E-state index contributed by atoms with van der Waals surface area (Å²) in [4.78, 5) is 34.9. The van der Waals surface area contributed by atoms with E-state index in [9.17, 15) is 19.7 Å². The molecule has 0 unspecified atom stereocenters. The first-order chi connectivity index (χ1) is 11.4. The number of benzene rings is 1. The third kappa shape index (κ3) is 3.31. The largest absolute Gasteiger partial charge is 0.420 e. The van der Waals surface area contributed by atoms with Crippen molar-refractivity contribution < 1.29 is 14.1 Å². The van der Waals surface area contributed by atoms with Crippen LogP contribution < -0.4 is 11.1 Å². The minimum absolute atomic E-state index is 0.0621. The van der Waals surface area contributed by atoms with E-state index in [1.54, 1.807) is 12.1 Å². The van der Waals surface area contributed by atoms with E-state index in [1.165, 1.54) is 23.5 Å². The van der Waals surface area contributed by atoms with Crippen LogP contribution in [0.25, 0.3) is 11.1 Å². The number of fused-ring (bicyclic) bond motifs is 1. The summed E-state index contributed by atoms with van der Waals surface area (Å²) in [5, 5.41) is 13.4. The van der Waals surface area contributed by atoms with E-state index in [0.717, 1.165) is 15.5 Å². The Kier molecular flexibility index (Phi) is 4.36. The van der Waals surface area contributed by atoms with Crippen molar-refractivity contribution >= 4 is 45.6 Å². The Labute approximate surface area is 143 Å². The summed E-state index contributed by atoms with van der Waals surface area (Å²) < 4.78 is 6.71. The zero-order valence-corrected chi connectivity index (χ0v) is 13.6. The molecule has 0 saturated heterocycles. The molecule has 0 aliphatic heterocycles. The number of hydrogen-bond donors (Lipinski definition) is 1. The van der Waals surface area contributed by atoms with Gasteiger partial charge in [-0.3, -0.25) is 19.5 Å². The van der Waals surface area contributed by atoms with Gasteiger partial charge in [-0.05, 0) is 18.2 Å². The van der Waals surface area contributed by atoms with Crippen LogP contribution in [0.3, 0.4) is 0 Å². The molecule has 10 heteroatoms. The molecular weight excluding hydrogens is 358 g/mol. The van der Waals surface area contributed by atoms with Gasteiger partial charge >= 0.3 is 5.76 Å². The van der Waals surface area contributed by atoms with Gasteiger partial charge in [-0.1, -0.05) is 11.6 Å². The fourth-order valence-electron chi connectivity index (χ4n) is 2.15. The fraction of sp³-hybridized carbons (Fsp3) is 0.143. The Morgan fingerprint density at radius 1 is 1.38 bits per heavy atom. The Bertz CT molecular complexity index is 990. The lowest BCUT2D eigenvalue weighted by molar-refractivity contribution is -0.384. The van der Waals surface area contributed by atoms with Gasteiger partial charge in [0.05, 0.1) is 27.4 Å². The topological polar surface area (TPSA) is 107 Å². The van der Waals surface area contributed by atoms with Crippen LogP contribution in [-0.2, 0) is 17.9 Å². The van der Waals surface area contributed by atoms with Gasteiger partial charge in [-0.25, -0.2) is 4.79 Å². The predicted molar refractivity (Wildman–Crippen MR) is 88.3 cm³/mol. The molecule has 0 aliphatic carbocycles. The first-order valence-electron chi connectivity index (χ1n) is 6.73. The summed E-state index contributed by atoms with van der Waals surface area (Å²) in [6, 6.07) is 7.31. The van der Waals surface area contributed by atoms with E-state index in [1.807, 2.05) is 0 Å². The molecule has 1 aromatic carbocycles. The molecule has 0 saturated carbocycles. The molecule has 0 spiro atoms. The number of halogens is 1. The second kappa shape index (κ2) is 6.46. The number of nitro benzene ring substituents is 1. The highest BCUT2D eigenvalue weighted by atomic mass is 35.5. The van der Waals surface area contributed by atoms with Crippen molar-refractivity contribution in [2.75, 3.05) is 0 Å². The summed E-state index contributed by atoms with van der Waals surface area (Å²) in [7, 11) is 0. The van der Waals surface area contributed by atoms with Crippen molar-refractivity contribution in [1.29, 1.82) is 0 Å². The summed E-state index contributed by atoms with van der Waals surface area (Å²) in [6.45, 7) is 0.0506. The molecule has 0 radical (unpaired) electrons. The first kappa shape index (κ1) is 16.2. The van der Waals surface area contributed by atoms with Gasteiger partial charge in [0.2, 0.25) is 5.91 Å². The molecule has 2 heterocycles. The fourth-order valence-corrected chi connectivity index (χ4v) is 3.18. The van der Waals surface area contributed by atoms with Crippen molar-refractivity contribution in [2.24, 2.45) is 0 Å². The van der Waals surface area contributed by atoms with E-state index in [-0.39, 0.29) is 23.7 Å². The van der Waals surface area contributed by atoms with Crippen LogP contribution in [0.1, 0.15) is 4.88 Å². The van der Waals surface area contributed by atoms with Crippen molar-refractivity contribution in [1.82, 2.24) is 9.88 Å². The smallest absolute Gasteiger partial charge is 0.407 e. The molecule has 0 atom stereocenters. The number of rotatable bonds is 5. The second-order valence-electron chi connectivity index (χ2n) is 4.85. The van der Waals surface area contributed by atoms with Crippen LogP contribution in [0.15, 0.2) is 39.5 Å². The summed E-state index contributed by atoms with van der Waals surface area (Å²) in [6.07, 6.45) is 0. The number of nitrogens with one attached hydrogen (secondary N) is 1. The van der Waals surface area contributed by atoms with E-state index in [4.69, 9.17) is 16.0 Å². The second-order valence-corrected chi connectivity index (χ2v) is 6.65. The zero-order valence-electron chi connectivity index (χ0n) is 12.0. The Balaban J connectivity index is 1.76. The molecule has 0 bridgehead atoms. The van der Waals surface area contributed by atoms with Crippen molar-refractivity contribution in [2.45, 2.75) is 13.1 Å². The van der Waals surface area contributed by atoms with Crippen LogP contribution in [0, 0.1) is 10.1 Å². The summed E-state index contributed by atoms with van der Waals surface area (Å²) in [5.74, 6) is -1.14. The van der Waals surface area contributed by atoms with Gasteiger partial charge in [0.15, 0.2) is 5.58 Å². The maximum absolute atomic E-state index is 12.0. The monoisotopic (exact) mass is 367 g/mol. The van der Waals surface area contributed by atoms with Crippen LogP contribution in [0.5, 0.6) is 0 Å². The van der Waals surface area contributed by atoms with Crippen LogP contribution in [0.4, 0.5) is 5.69 Å². The number of thiophene rings is 1. The van der Waals surface area contributed by atoms with Crippen molar-refractivity contribution in [3.63, 3.8) is 0 Å². The number of aromatic nitrogens is 1. The molecule has 3 rings (SSSR count). The lowest BCUT2D eigenvalue weighted by Gasteiger charge is -2.04. The quantitative estimate of drug-likeness (QED) is 0.550. The average molecular weight is 368 g/mol. The normalized spacial score (nSPS) is 10.9. The molecule has 24 heavy (non-hydrogen) atoms. The maximum Gasteiger partial charge on any atom is 0.420 e. The SMILES string of the molecule is O=C(Cn1c(=O)oc2cc([N+](=O)[O-])ccc21)NCc1ccc(Cl)s1. The average Bonchev–Trinajstić information content (AvgIpc) is 3.08. The number of hydrogen-bond acceptors (Lipinski definition) is 6. The number of carbonyl (C=O) groups is 1. The number of oxazole rings is 1. The lowest BCUT2D eigenvalue weighted by atomic mass is 10.3. The Morgan fingerprint density at radius 2 is 2.17 bits per heavy atom. The molecule has 3 aromatic rings. The maximum atomic E-state index is 12.0. The number of non-ortho nitro benzene ring substituents is 1. The van der Waals surface area contributed by atoms with Crippen LogP contribution in [0.2, 0.25) is 4.34 Å². The van der Waals surface area contributed by atoms with Gasteiger partial charge in [-0.15, -0.1) is 11.3 Å². The molecule has 1 amide bonds. The molecule has 2 aromatic heterocycles. The predicted octanol–water partition coefficient (Wildman–Crippen LogP) is 2.53. The number of carbonyl (C=O) groups excluding carboxylic acids is 1. The molecule has 0 fully saturated rings. The van der Waals surface area contributed by atoms with Gasteiger partial charge in [0.25, 0.3) is 5.69 Å². The number of nitro groups is 1. The highest BCUT2D eigenvalue weighted by molar-refractivity contribution is 7.16. The number of nitrogens with zero attached hydrogens (tertiary/aromatic N) is 2. The first-order valence-corrected chi connectivity index (χ1v) is 7.92. The molecule has 8 nitrogen and oxygen atoms in total. The minimum atomic E-state index is -0.750. The van der Waals surface area contributed by atoms with E-state index in [2.05, 4.69) is 5.32 Å². The highest BCUT2D eigenvalue weighted by Gasteiger charge is 2.16. The van der Waals surface area contributed by atoms with E-state index < -0.39 is 10.7 Å². The van der Waals surface area contributed by atoms with E-state index >= 15 is 0 Å². The van der Waals surface area contributed by atoms with Gasteiger partial charge < -0.3 is 9.73 Å². The van der Waals surface area contributed by atoms with Crippen molar-refractivity contribution in [3.8, 4) is 0 Å². The summed E-state index contributed by atoms with van der Waals surface area (Å²) >= 11 is 7.16. The van der Waals surface area contributed by atoms with Crippen LogP contribution >= 0.6 is 22.9 Å². The number of amides is 1. The summed E-state index contributed by atoms with van der Waals surface area (Å²) in [5.41, 5.74) is 0.189. The lowest BCUT2D eigenvalue weighted by Crippen LogP contribution is -2.30. The molecule has 1 N–H and O–H groups in total. The molecule has 0 aliphatic rings. The van der Waals surface area contributed by atoms with Gasteiger partial charge in [0, 0.05) is 10.9 Å². The third-order valence-electron chi connectivity index (χ3n) is 3.25.